The monoisotopic (exact) mass is 242 g/mol. The van der Waals surface area contributed by atoms with Crippen molar-refractivity contribution in [3.8, 4) is 10.6 Å². The van der Waals surface area contributed by atoms with Gasteiger partial charge in [0.15, 0.2) is 15.0 Å². The highest BCUT2D eigenvalue weighted by Gasteiger charge is 2.18. The van der Waals surface area contributed by atoms with Crippen molar-refractivity contribution in [2.75, 3.05) is 6.26 Å². The summed E-state index contributed by atoms with van der Waals surface area (Å²) in [5.74, 6) is -0.639. The Hall–Kier alpha value is -1.41. The van der Waals surface area contributed by atoms with E-state index in [4.69, 9.17) is 5.73 Å². The Labute approximate surface area is 92.9 Å². The molecule has 78 valence electrons. The van der Waals surface area contributed by atoms with Crippen molar-refractivity contribution in [1.82, 2.24) is 15.4 Å². The molecular weight excluding hydrogens is 236 g/mol. The van der Waals surface area contributed by atoms with Gasteiger partial charge in [0.25, 0.3) is 5.91 Å². The molecule has 0 aliphatic rings. The zero-order valence-corrected chi connectivity index (χ0v) is 9.26. The molecule has 2 aromatic heterocycles. The molecule has 2 N–H and O–H groups in total. The highest BCUT2D eigenvalue weighted by Crippen LogP contribution is 2.29. The van der Waals surface area contributed by atoms with E-state index >= 15 is 0 Å². The van der Waals surface area contributed by atoms with Crippen LogP contribution < -0.4 is 5.73 Å². The maximum atomic E-state index is 11.0. The Morgan fingerprint density at radius 3 is 3.00 bits per heavy atom. The minimum Gasteiger partial charge on any atom is -0.364 e. The zero-order valence-electron chi connectivity index (χ0n) is 7.63. The molecule has 0 bridgehead atoms. The van der Waals surface area contributed by atoms with Gasteiger partial charge in [-0.25, -0.2) is 0 Å². The summed E-state index contributed by atoms with van der Waals surface area (Å²) in [5.41, 5.74) is 5.69. The van der Waals surface area contributed by atoms with Gasteiger partial charge in [-0.2, -0.15) is 0 Å². The molecule has 0 radical (unpaired) electrons. The molecule has 0 aliphatic heterocycles. The number of nitrogens with zero attached hydrogens (tertiary/aromatic N) is 3. The first-order chi connectivity index (χ1) is 7.22. The number of amides is 1. The van der Waals surface area contributed by atoms with E-state index in [1.165, 1.54) is 29.4 Å². The van der Waals surface area contributed by atoms with Crippen molar-refractivity contribution >= 4 is 29.0 Å². The van der Waals surface area contributed by atoms with E-state index in [1.54, 1.807) is 0 Å². The van der Waals surface area contributed by atoms with Crippen molar-refractivity contribution in [2.24, 2.45) is 5.73 Å². The van der Waals surface area contributed by atoms with Crippen LogP contribution in [-0.4, -0.2) is 27.5 Å². The van der Waals surface area contributed by atoms with Gasteiger partial charge in [-0.05, 0) is 6.26 Å². The van der Waals surface area contributed by atoms with Crippen LogP contribution in [0.3, 0.4) is 0 Å². The molecule has 0 atom stereocenters. The van der Waals surface area contributed by atoms with Crippen LogP contribution >= 0.6 is 23.1 Å². The SMILES string of the molecule is CSc1nnc(-c2conc2C(N)=O)s1. The first-order valence-electron chi connectivity index (χ1n) is 3.84. The summed E-state index contributed by atoms with van der Waals surface area (Å²) >= 11 is 2.83. The lowest BCUT2D eigenvalue weighted by molar-refractivity contribution is 0.0992. The topological polar surface area (TPSA) is 94.9 Å². The Kier molecular flexibility index (Phi) is 2.69. The molecule has 0 aliphatic carbocycles. The fourth-order valence-electron chi connectivity index (χ4n) is 0.967. The number of primary amides is 1. The summed E-state index contributed by atoms with van der Waals surface area (Å²) < 4.78 is 5.49. The van der Waals surface area contributed by atoms with Gasteiger partial charge >= 0.3 is 0 Å². The maximum Gasteiger partial charge on any atom is 0.271 e. The molecule has 2 rings (SSSR count). The molecule has 2 aromatic rings. The van der Waals surface area contributed by atoms with Crippen LogP contribution in [0.2, 0.25) is 0 Å². The van der Waals surface area contributed by atoms with E-state index in [9.17, 15) is 4.79 Å². The number of rotatable bonds is 3. The molecule has 6 nitrogen and oxygen atoms in total. The van der Waals surface area contributed by atoms with Crippen molar-refractivity contribution in [3.63, 3.8) is 0 Å². The molecule has 0 spiro atoms. The van der Waals surface area contributed by atoms with E-state index in [-0.39, 0.29) is 5.69 Å². The van der Waals surface area contributed by atoms with Gasteiger partial charge in [-0.1, -0.05) is 28.3 Å². The fraction of sp³-hybridized carbons (Fsp3) is 0.143. The van der Waals surface area contributed by atoms with Crippen LogP contribution in [-0.2, 0) is 0 Å². The van der Waals surface area contributed by atoms with Gasteiger partial charge in [-0.3, -0.25) is 4.79 Å². The third-order valence-electron chi connectivity index (χ3n) is 1.61. The first kappa shape index (κ1) is 10.1. The zero-order chi connectivity index (χ0) is 10.8. The van der Waals surface area contributed by atoms with Crippen LogP contribution in [0.1, 0.15) is 10.5 Å². The van der Waals surface area contributed by atoms with Crippen LogP contribution in [0.5, 0.6) is 0 Å². The van der Waals surface area contributed by atoms with E-state index in [2.05, 4.69) is 19.9 Å². The highest BCUT2D eigenvalue weighted by atomic mass is 32.2. The van der Waals surface area contributed by atoms with Crippen LogP contribution in [0.15, 0.2) is 15.1 Å². The Morgan fingerprint density at radius 2 is 2.40 bits per heavy atom. The summed E-state index contributed by atoms with van der Waals surface area (Å²) in [7, 11) is 0. The number of nitrogens with two attached hydrogens (primary N) is 1. The summed E-state index contributed by atoms with van der Waals surface area (Å²) in [6.45, 7) is 0. The van der Waals surface area contributed by atoms with E-state index in [0.717, 1.165) is 4.34 Å². The van der Waals surface area contributed by atoms with E-state index in [0.29, 0.717) is 10.6 Å². The molecule has 0 saturated carbocycles. The van der Waals surface area contributed by atoms with Crippen LogP contribution in [0, 0.1) is 0 Å². The predicted octanol–water partition coefficient (Wildman–Crippen LogP) is 1.01. The summed E-state index contributed by atoms with van der Waals surface area (Å²) in [6, 6.07) is 0. The summed E-state index contributed by atoms with van der Waals surface area (Å²) in [6.07, 6.45) is 3.23. The van der Waals surface area contributed by atoms with E-state index in [1.807, 2.05) is 6.26 Å². The summed E-state index contributed by atoms with van der Waals surface area (Å²) in [4.78, 5) is 11.0. The highest BCUT2D eigenvalue weighted by molar-refractivity contribution is 8.00. The molecular formula is C7H6N4O2S2. The van der Waals surface area contributed by atoms with Crippen molar-refractivity contribution < 1.29 is 9.32 Å². The maximum absolute atomic E-state index is 11.0. The molecule has 8 heteroatoms. The van der Waals surface area contributed by atoms with Gasteiger partial charge in [0.1, 0.15) is 6.26 Å². The molecule has 1 amide bonds. The lowest BCUT2D eigenvalue weighted by Crippen LogP contribution is -2.12. The number of aromatic nitrogens is 3. The Morgan fingerprint density at radius 1 is 1.60 bits per heavy atom. The van der Waals surface area contributed by atoms with Crippen LogP contribution in [0.4, 0.5) is 0 Å². The fourth-order valence-corrected chi connectivity index (χ4v) is 2.24. The van der Waals surface area contributed by atoms with Crippen molar-refractivity contribution in [1.29, 1.82) is 0 Å². The minimum atomic E-state index is -0.639. The van der Waals surface area contributed by atoms with E-state index < -0.39 is 5.91 Å². The number of hydrogen-bond donors (Lipinski definition) is 1. The number of thioether (sulfide) groups is 1. The first-order valence-corrected chi connectivity index (χ1v) is 5.88. The van der Waals surface area contributed by atoms with Gasteiger partial charge in [0, 0.05) is 0 Å². The molecule has 0 saturated heterocycles. The molecule has 2 heterocycles. The smallest absolute Gasteiger partial charge is 0.271 e. The van der Waals surface area contributed by atoms with Crippen molar-refractivity contribution in [2.45, 2.75) is 4.34 Å². The second kappa shape index (κ2) is 3.99. The molecule has 0 unspecified atom stereocenters. The molecule has 0 fully saturated rings. The second-order valence-electron chi connectivity index (χ2n) is 2.52. The second-order valence-corrected chi connectivity index (χ2v) is 4.55. The van der Waals surface area contributed by atoms with Crippen molar-refractivity contribution in [3.05, 3.63) is 12.0 Å². The average Bonchev–Trinajstić information content (AvgIpc) is 2.85. The number of hydrogen-bond acceptors (Lipinski definition) is 7. The lowest BCUT2D eigenvalue weighted by atomic mass is 10.2. The third-order valence-corrected chi connectivity index (χ3v) is 3.55. The Bertz CT molecular complexity index is 493. The quantitative estimate of drug-likeness (QED) is 0.807. The minimum absolute atomic E-state index is 0.0822. The average molecular weight is 242 g/mol. The van der Waals surface area contributed by atoms with Crippen LogP contribution in [0.25, 0.3) is 10.6 Å². The lowest BCUT2D eigenvalue weighted by Gasteiger charge is -1.89. The van der Waals surface area contributed by atoms with Gasteiger partial charge < -0.3 is 10.3 Å². The number of carbonyl (C=O) groups excluding carboxylic acids is 1. The normalized spacial score (nSPS) is 10.5. The van der Waals surface area contributed by atoms with Gasteiger partial charge in [-0.15, -0.1) is 10.2 Å². The van der Waals surface area contributed by atoms with Gasteiger partial charge in [0.05, 0.1) is 5.56 Å². The summed E-state index contributed by atoms with van der Waals surface area (Å²) in [5, 5.41) is 11.9. The van der Waals surface area contributed by atoms with Gasteiger partial charge in [0.2, 0.25) is 0 Å². The largest absolute Gasteiger partial charge is 0.364 e. The predicted molar refractivity (Wildman–Crippen MR) is 55.7 cm³/mol. The molecule has 0 aromatic carbocycles. The molecule has 15 heavy (non-hydrogen) atoms. The number of carbonyl (C=O) groups is 1. The third kappa shape index (κ3) is 1.85. The Balaban J connectivity index is 2.44. The standard InChI is InChI=1S/C7H6N4O2S2/c1-14-7-10-9-6(15-7)3-2-13-11-4(3)5(8)12/h2H,1H3,(H2,8,12).